The van der Waals surface area contributed by atoms with E-state index in [0.717, 1.165) is 28.3 Å². The van der Waals surface area contributed by atoms with Crippen molar-refractivity contribution in [3.05, 3.63) is 66.0 Å². The minimum absolute atomic E-state index is 0.0937. The summed E-state index contributed by atoms with van der Waals surface area (Å²) in [6, 6.07) is 9.66. The lowest BCUT2D eigenvalue weighted by molar-refractivity contribution is 0.0588. The summed E-state index contributed by atoms with van der Waals surface area (Å²) >= 11 is 0.914. The van der Waals surface area contributed by atoms with E-state index in [0.29, 0.717) is 29.9 Å². The van der Waals surface area contributed by atoms with Gasteiger partial charge in [0.15, 0.2) is 5.65 Å². The number of pyridine rings is 1. The van der Waals surface area contributed by atoms with Crippen molar-refractivity contribution in [1.29, 1.82) is 0 Å². The van der Waals surface area contributed by atoms with Gasteiger partial charge in [-0.1, -0.05) is 18.2 Å². The SMILES string of the molecule is [C-]#[N+]c1cnc2c(ccn2S(=O)(=O)c2ccccc2)c1N(C)C1C[C@@H]2CN(C(=O)Nc3nc(C(=O)OC)ns3)C[C@@H]2C1. The van der Waals surface area contributed by atoms with Crippen molar-refractivity contribution in [2.45, 2.75) is 23.8 Å². The van der Waals surface area contributed by atoms with Gasteiger partial charge in [0.1, 0.15) is 0 Å². The number of anilines is 2. The molecule has 13 nitrogen and oxygen atoms in total. The lowest BCUT2D eigenvalue weighted by atomic mass is 10.0. The average molecular weight is 607 g/mol. The molecule has 1 aliphatic heterocycles. The first kappa shape index (κ1) is 27.6. The van der Waals surface area contributed by atoms with Crippen LogP contribution in [0.15, 0.2) is 53.7 Å². The summed E-state index contributed by atoms with van der Waals surface area (Å²) in [6.07, 6.45) is 4.52. The molecule has 2 fully saturated rings. The molecule has 1 aliphatic carbocycles. The Labute approximate surface area is 245 Å². The number of likely N-dealkylation sites (tertiary alicyclic amines) is 1. The Morgan fingerprint density at radius 3 is 2.55 bits per heavy atom. The van der Waals surface area contributed by atoms with Gasteiger partial charge in [-0.05, 0) is 42.9 Å². The maximum absolute atomic E-state index is 13.4. The Morgan fingerprint density at radius 2 is 1.88 bits per heavy atom. The van der Waals surface area contributed by atoms with Gasteiger partial charge in [0.05, 0.1) is 24.3 Å². The molecule has 0 radical (unpaired) electrons. The zero-order valence-electron chi connectivity index (χ0n) is 22.7. The molecule has 1 saturated heterocycles. The normalized spacial score (nSPS) is 19.8. The van der Waals surface area contributed by atoms with E-state index in [9.17, 15) is 18.0 Å². The van der Waals surface area contributed by atoms with Gasteiger partial charge in [-0.25, -0.2) is 31.8 Å². The second kappa shape index (κ2) is 10.7. The minimum Gasteiger partial charge on any atom is -0.463 e. The number of benzene rings is 1. The summed E-state index contributed by atoms with van der Waals surface area (Å²) in [5.41, 5.74) is 1.26. The van der Waals surface area contributed by atoms with E-state index in [1.807, 2.05) is 7.05 Å². The molecule has 6 rings (SSSR count). The fraction of sp³-hybridized carbons (Fsp3) is 0.333. The van der Waals surface area contributed by atoms with Gasteiger partial charge >= 0.3 is 12.0 Å². The summed E-state index contributed by atoms with van der Waals surface area (Å²) in [5.74, 6) is -0.237. The molecule has 0 spiro atoms. The van der Waals surface area contributed by atoms with Crippen LogP contribution in [-0.4, -0.2) is 76.9 Å². The fourth-order valence-corrected chi connectivity index (χ4v) is 7.81. The van der Waals surface area contributed by atoms with E-state index in [1.54, 1.807) is 29.2 Å². The number of methoxy groups -OCH3 is 1. The van der Waals surface area contributed by atoms with Crippen LogP contribution in [0.2, 0.25) is 0 Å². The summed E-state index contributed by atoms with van der Waals surface area (Å²) in [6.45, 7) is 8.90. The number of aromatic nitrogens is 4. The van der Waals surface area contributed by atoms with Crippen molar-refractivity contribution in [2.24, 2.45) is 11.8 Å². The van der Waals surface area contributed by atoms with E-state index < -0.39 is 16.0 Å². The predicted molar refractivity (Wildman–Crippen MR) is 155 cm³/mol. The van der Waals surface area contributed by atoms with Crippen molar-refractivity contribution in [3.8, 4) is 0 Å². The van der Waals surface area contributed by atoms with Crippen LogP contribution in [-0.2, 0) is 14.8 Å². The van der Waals surface area contributed by atoms with Crippen LogP contribution < -0.4 is 10.2 Å². The minimum atomic E-state index is -3.87. The highest BCUT2D eigenvalue weighted by molar-refractivity contribution is 7.90. The van der Waals surface area contributed by atoms with Gasteiger partial charge < -0.3 is 14.5 Å². The number of amides is 2. The molecule has 1 N–H and O–H groups in total. The lowest BCUT2D eigenvalue weighted by Gasteiger charge is -2.30. The zero-order valence-corrected chi connectivity index (χ0v) is 24.3. The Balaban J connectivity index is 1.18. The highest BCUT2D eigenvalue weighted by Crippen LogP contribution is 2.44. The monoisotopic (exact) mass is 606 g/mol. The number of rotatable bonds is 6. The Bertz CT molecular complexity index is 1820. The Hall–Kier alpha value is -4.55. The number of nitrogens with zero attached hydrogens (tertiary/aromatic N) is 7. The molecule has 1 unspecified atom stereocenters. The smallest absolute Gasteiger partial charge is 0.377 e. The van der Waals surface area contributed by atoms with Crippen LogP contribution >= 0.6 is 11.5 Å². The van der Waals surface area contributed by atoms with Gasteiger partial charge in [0.2, 0.25) is 10.8 Å². The predicted octanol–water partition coefficient (Wildman–Crippen LogP) is 3.84. The maximum Gasteiger partial charge on any atom is 0.377 e. The van der Waals surface area contributed by atoms with Crippen molar-refractivity contribution < 1.29 is 22.7 Å². The van der Waals surface area contributed by atoms with Crippen molar-refractivity contribution in [3.63, 3.8) is 0 Å². The molecule has 1 aromatic carbocycles. The average Bonchev–Trinajstić information content (AvgIpc) is 3.79. The van der Waals surface area contributed by atoms with Crippen LogP contribution in [0.5, 0.6) is 0 Å². The van der Waals surface area contributed by atoms with Gasteiger partial charge in [-0.15, -0.1) is 0 Å². The van der Waals surface area contributed by atoms with Crippen LogP contribution in [0.1, 0.15) is 23.5 Å². The number of fused-ring (bicyclic) bond motifs is 2. The van der Waals surface area contributed by atoms with Crippen LogP contribution in [0.3, 0.4) is 0 Å². The molecule has 2 amide bonds. The summed E-state index contributed by atoms with van der Waals surface area (Å²) in [4.78, 5) is 40.5. The van der Waals surface area contributed by atoms with E-state index in [-0.39, 0.29) is 45.4 Å². The Kier molecular flexibility index (Phi) is 7.03. The molecule has 0 bridgehead atoms. The number of hydrogen-bond acceptors (Lipinski definition) is 10. The van der Waals surface area contributed by atoms with Crippen LogP contribution in [0, 0.1) is 18.4 Å². The summed E-state index contributed by atoms with van der Waals surface area (Å²) in [7, 11) is -0.707. The van der Waals surface area contributed by atoms with Crippen molar-refractivity contribution in [1.82, 2.24) is 23.2 Å². The van der Waals surface area contributed by atoms with Crippen LogP contribution in [0.25, 0.3) is 15.9 Å². The molecule has 1 saturated carbocycles. The number of ether oxygens (including phenoxy) is 1. The fourth-order valence-electron chi connectivity index (χ4n) is 5.94. The molecule has 3 aromatic heterocycles. The van der Waals surface area contributed by atoms with Gasteiger partial charge in [0, 0.05) is 55.5 Å². The molecular formula is C27H26N8O5S2. The highest BCUT2D eigenvalue weighted by Gasteiger charge is 2.44. The summed E-state index contributed by atoms with van der Waals surface area (Å²) in [5, 5.41) is 3.53. The molecule has 2 aliphatic rings. The number of esters is 1. The molecular weight excluding hydrogens is 580 g/mol. The topological polar surface area (TPSA) is 144 Å². The third kappa shape index (κ3) is 4.72. The van der Waals surface area contributed by atoms with Crippen molar-refractivity contribution in [2.75, 3.05) is 37.5 Å². The first-order valence-corrected chi connectivity index (χ1v) is 15.3. The van der Waals surface area contributed by atoms with Gasteiger partial charge in [0.25, 0.3) is 15.8 Å². The third-order valence-corrected chi connectivity index (χ3v) is 10.3. The van der Waals surface area contributed by atoms with Gasteiger partial charge in [-0.2, -0.15) is 9.36 Å². The van der Waals surface area contributed by atoms with Gasteiger partial charge in [-0.3, -0.25) is 5.32 Å². The maximum atomic E-state index is 13.4. The lowest BCUT2D eigenvalue weighted by Crippen LogP contribution is -2.36. The second-order valence-electron chi connectivity index (χ2n) is 10.3. The Morgan fingerprint density at radius 1 is 1.17 bits per heavy atom. The standard InChI is InChI=1S/C27H26N8O5S2/c1-28-21-13-29-24-20(9-10-35(24)42(38,39)19-7-5-4-6-8-19)22(21)33(2)18-11-16-14-34(15-17(16)12-18)27(37)31-26-30-23(32-41-26)25(36)40-3/h4-10,13,16-18H,11-12,14-15H2,2-3H3,(H,30,31,32,37)/t16-,17+,18?. The molecule has 3 atom stereocenters. The molecule has 216 valence electrons. The molecule has 15 heteroatoms. The number of carbonyl (C=O) groups is 2. The first-order valence-electron chi connectivity index (χ1n) is 13.1. The molecule has 4 heterocycles. The van der Waals surface area contributed by atoms with Crippen LogP contribution in [0.4, 0.5) is 21.3 Å². The van der Waals surface area contributed by atoms with E-state index in [4.69, 9.17) is 6.57 Å². The quantitative estimate of drug-likeness (QED) is 0.256. The largest absolute Gasteiger partial charge is 0.463 e. The third-order valence-electron chi connectivity index (χ3n) is 7.98. The summed E-state index contributed by atoms with van der Waals surface area (Å²) < 4.78 is 36.4. The van der Waals surface area contributed by atoms with Crippen molar-refractivity contribution >= 4 is 61.1 Å². The zero-order chi connectivity index (χ0) is 29.6. The number of nitrogens with one attached hydrogen (secondary N) is 1. The number of urea groups is 1. The highest BCUT2D eigenvalue weighted by atomic mass is 32.2. The van der Waals surface area contributed by atoms with E-state index in [1.165, 1.54) is 31.6 Å². The van der Waals surface area contributed by atoms with E-state index >= 15 is 0 Å². The first-order chi connectivity index (χ1) is 20.2. The molecule has 42 heavy (non-hydrogen) atoms. The number of carbonyl (C=O) groups excluding carboxylic acids is 2. The molecule has 4 aromatic rings. The van der Waals surface area contributed by atoms with E-state index in [2.05, 4.69) is 34.1 Å². The number of hydrogen-bond donors (Lipinski definition) is 1. The second-order valence-corrected chi connectivity index (χ2v) is 12.8.